The van der Waals surface area contributed by atoms with Gasteiger partial charge in [-0.25, -0.2) is 13.6 Å². The molecule has 0 bridgehead atoms. The van der Waals surface area contributed by atoms with E-state index < -0.39 is 47.6 Å². The Hall–Kier alpha value is -4.02. The van der Waals surface area contributed by atoms with E-state index in [4.69, 9.17) is 5.73 Å². The maximum atomic E-state index is 14.0. The Morgan fingerprint density at radius 1 is 1.08 bits per heavy atom. The van der Waals surface area contributed by atoms with E-state index >= 15 is 0 Å². The predicted octanol–water partition coefficient (Wildman–Crippen LogP) is 2.70. The molecule has 5 N–H and O–H groups in total. The van der Waals surface area contributed by atoms with Crippen LogP contribution in [-0.4, -0.2) is 53.3 Å². The summed E-state index contributed by atoms with van der Waals surface area (Å²) < 4.78 is 27.2. The fourth-order valence-corrected chi connectivity index (χ4v) is 4.35. The minimum absolute atomic E-state index is 0.146. The van der Waals surface area contributed by atoms with Gasteiger partial charge in [0.05, 0.1) is 11.7 Å². The predicted molar refractivity (Wildman–Crippen MR) is 138 cm³/mol. The van der Waals surface area contributed by atoms with Gasteiger partial charge >= 0.3 is 6.03 Å². The molecule has 3 unspecified atom stereocenters. The van der Waals surface area contributed by atoms with Gasteiger partial charge in [0.15, 0.2) is 0 Å². The summed E-state index contributed by atoms with van der Waals surface area (Å²) in [5.41, 5.74) is 5.73. The molecule has 0 aliphatic carbocycles. The standard InChI is InChI=1S/C27H33F2N5O4/c1-27(2,3)15-22(35)34-12-11-20(33-26(38)32-19-10-9-17(28)14-18(19)29)23(34)25(37)31-21(24(30)36)13-16-7-5-4-6-8-16/h4-10,14,20-21,23H,11-13,15H2,1-3H3,(H2,30,36)(H,31,37)(H2,32,33,38). The summed E-state index contributed by atoms with van der Waals surface area (Å²) in [7, 11) is 0. The fourth-order valence-electron chi connectivity index (χ4n) is 4.35. The summed E-state index contributed by atoms with van der Waals surface area (Å²) in [5.74, 6) is -3.45. The van der Waals surface area contributed by atoms with Crippen LogP contribution in [0.4, 0.5) is 19.3 Å². The van der Waals surface area contributed by atoms with E-state index in [9.17, 15) is 28.0 Å². The number of anilines is 1. The van der Waals surface area contributed by atoms with Crippen LogP contribution in [0.2, 0.25) is 0 Å². The number of carbonyl (C=O) groups excluding carboxylic acids is 4. The van der Waals surface area contributed by atoms with Crippen molar-refractivity contribution in [3.05, 3.63) is 65.7 Å². The Balaban J connectivity index is 1.80. The van der Waals surface area contributed by atoms with Gasteiger partial charge in [0.2, 0.25) is 17.7 Å². The second-order valence-electron chi connectivity index (χ2n) is 10.5. The zero-order chi connectivity index (χ0) is 28.0. The number of nitrogens with two attached hydrogens (primary N) is 1. The third-order valence-corrected chi connectivity index (χ3v) is 6.11. The molecule has 2 aromatic rings. The smallest absolute Gasteiger partial charge is 0.319 e. The Bertz CT molecular complexity index is 1190. The van der Waals surface area contributed by atoms with Crippen molar-refractivity contribution < 1.29 is 28.0 Å². The SMILES string of the molecule is CC(C)(C)CC(=O)N1CCC(NC(=O)Nc2ccc(F)cc2F)C1C(=O)NC(Cc1ccccc1)C(N)=O. The molecule has 3 atom stereocenters. The molecule has 1 aliphatic rings. The molecule has 1 fully saturated rings. The monoisotopic (exact) mass is 529 g/mol. The van der Waals surface area contributed by atoms with Crippen LogP contribution in [0.15, 0.2) is 48.5 Å². The van der Waals surface area contributed by atoms with Crippen LogP contribution >= 0.6 is 0 Å². The van der Waals surface area contributed by atoms with Crippen molar-refractivity contribution in [2.75, 3.05) is 11.9 Å². The maximum Gasteiger partial charge on any atom is 0.319 e. The molecule has 2 aromatic carbocycles. The van der Waals surface area contributed by atoms with Gasteiger partial charge in [-0.3, -0.25) is 14.4 Å². The van der Waals surface area contributed by atoms with E-state index in [-0.39, 0.29) is 42.8 Å². The van der Waals surface area contributed by atoms with Crippen molar-refractivity contribution in [3.8, 4) is 0 Å². The van der Waals surface area contributed by atoms with Crippen LogP contribution in [0.25, 0.3) is 0 Å². The van der Waals surface area contributed by atoms with Gasteiger partial charge in [-0.15, -0.1) is 0 Å². The number of nitrogens with one attached hydrogen (secondary N) is 3. The minimum atomic E-state index is -1.13. The Labute approximate surface area is 220 Å². The molecule has 0 saturated carbocycles. The lowest BCUT2D eigenvalue weighted by molar-refractivity contribution is -0.141. The first-order chi connectivity index (χ1) is 17.8. The van der Waals surface area contributed by atoms with E-state index in [1.165, 1.54) is 4.90 Å². The van der Waals surface area contributed by atoms with Gasteiger partial charge in [-0.1, -0.05) is 51.1 Å². The molecular formula is C27H33F2N5O4. The largest absolute Gasteiger partial charge is 0.368 e. The second-order valence-corrected chi connectivity index (χ2v) is 10.5. The van der Waals surface area contributed by atoms with E-state index in [1.54, 1.807) is 24.3 Å². The molecule has 9 nitrogen and oxygen atoms in total. The van der Waals surface area contributed by atoms with E-state index in [2.05, 4.69) is 16.0 Å². The number of amides is 5. The number of nitrogens with zero attached hydrogens (tertiary/aromatic N) is 1. The van der Waals surface area contributed by atoms with Gasteiger partial charge in [0, 0.05) is 25.5 Å². The van der Waals surface area contributed by atoms with Crippen molar-refractivity contribution in [2.45, 2.75) is 58.2 Å². The third kappa shape index (κ3) is 7.74. The minimum Gasteiger partial charge on any atom is -0.368 e. The number of hydrogen-bond acceptors (Lipinski definition) is 4. The highest BCUT2D eigenvalue weighted by atomic mass is 19.1. The van der Waals surface area contributed by atoms with Crippen molar-refractivity contribution >= 4 is 29.4 Å². The quantitative estimate of drug-likeness (QED) is 0.418. The maximum absolute atomic E-state index is 14.0. The summed E-state index contributed by atoms with van der Waals surface area (Å²) in [6, 6.07) is 7.83. The molecule has 11 heteroatoms. The molecule has 0 radical (unpaired) electrons. The molecule has 204 valence electrons. The number of urea groups is 1. The van der Waals surface area contributed by atoms with Crippen LogP contribution in [-0.2, 0) is 20.8 Å². The molecule has 1 saturated heterocycles. The number of carbonyl (C=O) groups is 4. The van der Waals surface area contributed by atoms with E-state index in [0.717, 1.165) is 17.7 Å². The first-order valence-corrected chi connectivity index (χ1v) is 12.3. The van der Waals surface area contributed by atoms with Gasteiger partial charge in [-0.05, 0) is 29.5 Å². The van der Waals surface area contributed by atoms with Gasteiger partial charge in [0.25, 0.3) is 0 Å². The first kappa shape index (κ1) is 28.5. The summed E-state index contributed by atoms with van der Waals surface area (Å²) in [5, 5.41) is 7.56. The average Bonchev–Trinajstić information content (AvgIpc) is 3.23. The normalized spacial score (nSPS) is 18.0. The Kier molecular flexibility index (Phi) is 9.03. The number of hydrogen-bond donors (Lipinski definition) is 4. The lowest BCUT2D eigenvalue weighted by Gasteiger charge is -2.31. The molecule has 1 heterocycles. The van der Waals surface area contributed by atoms with Crippen LogP contribution in [0, 0.1) is 17.0 Å². The number of primary amides is 1. The van der Waals surface area contributed by atoms with Crippen molar-refractivity contribution in [1.29, 1.82) is 0 Å². The summed E-state index contributed by atoms with van der Waals surface area (Å²) >= 11 is 0. The lowest BCUT2D eigenvalue weighted by Crippen LogP contribution is -2.58. The van der Waals surface area contributed by atoms with Crippen LogP contribution in [0.1, 0.15) is 39.2 Å². The summed E-state index contributed by atoms with van der Waals surface area (Å²) in [4.78, 5) is 52.8. The van der Waals surface area contributed by atoms with Gasteiger partial charge in [0.1, 0.15) is 23.7 Å². The highest BCUT2D eigenvalue weighted by Crippen LogP contribution is 2.26. The van der Waals surface area contributed by atoms with E-state index in [0.29, 0.717) is 6.07 Å². The fraction of sp³-hybridized carbons (Fsp3) is 0.407. The van der Waals surface area contributed by atoms with Crippen molar-refractivity contribution in [3.63, 3.8) is 0 Å². The highest BCUT2D eigenvalue weighted by Gasteiger charge is 2.44. The summed E-state index contributed by atoms with van der Waals surface area (Å²) in [6.07, 6.45) is 0.542. The van der Waals surface area contributed by atoms with Gasteiger partial charge in [-0.2, -0.15) is 0 Å². The number of likely N-dealkylation sites (tertiary alicyclic amines) is 1. The number of rotatable bonds is 8. The van der Waals surface area contributed by atoms with Gasteiger partial charge < -0.3 is 26.6 Å². The van der Waals surface area contributed by atoms with Crippen molar-refractivity contribution in [2.24, 2.45) is 11.1 Å². The van der Waals surface area contributed by atoms with Crippen LogP contribution in [0.3, 0.4) is 0 Å². The van der Waals surface area contributed by atoms with E-state index in [1.807, 2.05) is 26.8 Å². The Morgan fingerprint density at radius 3 is 2.37 bits per heavy atom. The zero-order valence-corrected chi connectivity index (χ0v) is 21.6. The topological polar surface area (TPSA) is 134 Å². The molecule has 38 heavy (non-hydrogen) atoms. The molecule has 0 spiro atoms. The number of halogens is 2. The number of benzene rings is 2. The molecule has 0 aromatic heterocycles. The molecule has 5 amide bonds. The molecular weight excluding hydrogens is 496 g/mol. The van der Waals surface area contributed by atoms with Crippen LogP contribution < -0.4 is 21.7 Å². The van der Waals surface area contributed by atoms with Crippen LogP contribution in [0.5, 0.6) is 0 Å². The average molecular weight is 530 g/mol. The van der Waals surface area contributed by atoms with Crippen molar-refractivity contribution in [1.82, 2.24) is 15.5 Å². The third-order valence-electron chi connectivity index (χ3n) is 6.11. The zero-order valence-electron chi connectivity index (χ0n) is 21.6. The first-order valence-electron chi connectivity index (χ1n) is 12.3. The molecule has 3 rings (SSSR count). The second kappa shape index (κ2) is 12.0. The lowest BCUT2D eigenvalue weighted by atomic mass is 9.91. The Morgan fingerprint density at radius 2 is 1.76 bits per heavy atom. The molecule has 1 aliphatic heterocycles. The highest BCUT2D eigenvalue weighted by molar-refractivity contribution is 5.94. The summed E-state index contributed by atoms with van der Waals surface area (Å²) in [6.45, 7) is 5.85.